The van der Waals surface area contributed by atoms with E-state index < -0.39 is 17.9 Å². The predicted octanol–water partition coefficient (Wildman–Crippen LogP) is 3.47. The van der Waals surface area contributed by atoms with Crippen molar-refractivity contribution in [2.45, 2.75) is 32.7 Å². The molecule has 0 bridgehead atoms. The molecule has 2 aromatic carbocycles. The second-order valence-electron chi connectivity index (χ2n) is 8.67. The highest BCUT2D eigenvalue weighted by Crippen LogP contribution is 2.35. The van der Waals surface area contributed by atoms with Gasteiger partial charge in [0.2, 0.25) is 0 Å². The molecule has 7 heteroatoms. The second kappa shape index (κ2) is 9.10. The van der Waals surface area contributed by atoms with Crippen molar-refractivity contribution >= 4 is 23.3 Å². The fraction of sp³-hybridized carbons (Fsp3) is 0.346. The van der Waals surface area contributed by atoms with Gasteiger partial charge in [-0.2, -0.15) is 0 Å². The third-order valence-corrected chi connectivity index (χ3v) is 6.06. The normalized spacial score (nSPS) is 17.0. The zero-order valence-electron chi connectivity index (χ0n) is 19.3. The molecular weight excluding hydrogens is 420 g/mol. The first-order valence-electron chi connectivity index (χ1n) is 11.1. The highest BCUT2D eigenvalue weighted by Gasteiger charge is 2.42. The molecule has 0 spiro atoms. The highest BCUT2D eigenvalue weighted by atomic mass is 16.5. The van der Waals surface area contributed by atoms with E-state index in [9.17, 15) is 14.4 Å². The molecule has 0 aromatic heterocycles. The van der Waals surface area contributed by atoms with E-state index in [0.29, 0.717) is 41.3 Å². The summed E-state index contributed by atoms with van der Waals surface area (Å²) >= 11 is 0. The smallest absolute Gasteiger partial charge is 0.262 e. The first-order valence-corrected chi connectivity index (χ1v) is 11.1. The van der Waals surface area contributed by atoms with Crippen LogP contribution in [0, 0.1) is 5.92 Å². The Labute approximate surface area is 193 Å². The topological polar surface area (TPSA) is 84.9 Å². The van der Waals surface area contributed by atoms with Crippen molar-refractivity contribution in [1.82, 2.24) is 10.2 Å². The number of methoxy groups -OCH3 is 2. The number of rotatable bonds is 7. The van der Waals surface area contributed by atoms with Crippen molar-refractivity contribution in [3.8, 4) is 11.5 Å². The fourth-order valence-corrected chi connectivity index (χ4v) is 4.46. The lowest BCUT2D eigenvalue weighted by Gasteiger charge is -2.27. The Balaban J connectivity index is 1.71. The molecule has 2 amide bonds. The number of benzene rings is 2. The Hall–Kier alpha value is -3.61. The summed E-state index contributed by atoms with van der Waals surface area (Å²) in [4.78, 5) is 40.8. The molecule has 2 aliphatic heterocycles. The molecule has 33 heavy (non-hydrogen) atoms. The van der Waals surface area contributed by atoms with Gasteiger partial charge in [0.05, 0.1) is 25.3 Å². The van der Waals surface area contributed by atoms with Gasteiger partial charge in [0, 0.05) is 23.9 Å². The largest absolute Gasteiger partial charge is 0.493 e. The molecule has 0 saturated carbocycles. The lowest BCUT2D eigenvalue weighted by Crippen LogP contribution is -2.45. The number of ether oxygens (including phenoxy) is 2. The van der Waals surface area contributed by atoms with Crippen LogP contribution in [0.15, 0.2) is 42.5 Å². The van der Waals surface area contributed by atoms with E-state index in [1.165, 1.54) is 6.08 Å². The maximum atomic E-state index is 13.5. The number of amides is 2. The van der Waals surface area contributed by atoms with Gasteiger partial charge in [0.1, 0.15) is 6.04 Å². The van der Waals surface area contributed by atoms with Crippen LogP contribution in [-0.4, -0.2) is 49.3 Å². The first kappa shape index (κ1) is 22.6. The van der Waals surface area contributed by atoms with Gasteiger partial charge in [-0.25, -0.2) is 0 Å². The van der Waals surface area contributed by atoms with E-state index in [2.05, 4.69) is 5.32 Å². The first-order chi connectivity index (χ1) is 15.8. The van der Waals surface area contributed by atoms with Crippen LogP contribution in [0.25, 0.3) is 5.70 Å². The van der Waals surface area contributed by atoms with Crippen molar-refractivity contribution in [3.05, 3.63) is 64.7 Å². The van der Waals surface area contributed by atoms with E-state index in [-0.39, 0.29) is 11.7 Å². The quantitative estimate of drug-likeness (QED) is 0.516. The zero-order valence-corrected chi connectivity index (χ0v) is 19.3. The molecule has 4 rings (SSSR count). The second-order valence-corrected chi connectivity index (χ2v) is 8.67. The van der Waals surface area contributed by atoms with Crippen LogP contribution in [0.2, 0.25) is 0 Å². The zero-order chi connectivity index (χ0) is 23.7. The van der Waals surface area contributed by atoms with Gasteiger partial charge < -0.3 is 14.8 Å². The van der Waals surface area contributed by atoms with Crippen LogP contribution >= 0.6 is 0 Å². The number of carbonyl (C=O) groups is 3. The summed E-state index contributed by atoms with van der Waals surface area (Å²) in [7, 11) is 3.15. The SMILES string of the molecule is COc1cc2c(cc1OC)/C(=C/C(=O)C(CC(C)C)N1C(=O)c3ccccc3C1=O)NCC2. The van der Waals surface area contributed by atoms with E-state index in [1.54, 1.807) is 38.5 Å². The molecule has 2 aliphatic rings. The van der Waals surface area contributed by atoms with Gasteiger partial charge in [-0.1, -0.05) is 26.0 Å². The fourth-order valence-electron chi connectivity index (χ4n) is 4.46. The van der Waals surface area contributed by atoms with Crippen LogP contribution < -0.4 is 14.8 Å². The molecule has 2 heterocycles. The molecule has 1 atom stereocenters. The minimum Gasteiger partial charge on any atom is -0.493 e. The number of hydrogen-bond donors (Lipinski definition) is 1. The van der Waals surface area contributed by atoms with E-state index in [4.69, 9.17) is 9.47 Å². The van der Waals surface area contributed by atoms with Crippen LogP contribution in [0.3, 0.4) is 0 Å². The number of nitrogens with zero attached hydrogens (tertiary/aromatic N) is 1. The summed E-state index contributed by atoms with van der Waals surface area (Å²) < 4.78 is 10.8. The Morgan fingerprint density at radius 2 is 1.64 bits per heavy atom. The van der Waals surface area contributed by atoms with Crippen LogP contribution in [0.4, 0.5) is 0 Å². The van der Waals surface area contributed by atoms with Crippen molar-refractivity contribution in [2.24, 2.45) is 5.92 Å². The molecule has 0 fully saturated rings. The monoisotopic (exact) mass is 448 g/mol. The number of ketones is 1. The van der Waals surface area contributed by atoms with E-state index in [1.807, 2.05) is 26.0 Å². The Morgan fingerprint density at radius 3 is 2.21 bits per heavy atom. The maximum Gasteiger partial charge on any atom is 0.262 e. The maximum absolute atomic E-state index is 13.5. The molecule has 0 radical (unpaired) electrons. The van der Waals surface area contributed by atoms with E-state index >= 15 is 0 Å². The molecule has 0 aliphatic carbocycles. The number of imide groups is 1. The van der Waals surface area contributed by atoms with Crippen molar-refractivity contribution in [1.29, 1.82) is 0 Å². The number of carbonyl (C=O) groups excluding carboxylic acids is 3. The Morgan fingerprint density at radius 1 is 1.03 bits per heavy atom. The summed E-state index contributed by atoms with van der Waals surface area (Å²) in [6, 6.07) is 9.59. The van der Waals surface area contributed by atoms with Crippen LogP contribution in [0.1, 0.15) is 52.1 Å². The minimum absolute atomic E-state index is 0.109. The number of hydrogen-bond acceptors (Lipinski definition) is 6. The van der Waals surface area contributed by atoms with Gasteiger partial charge in [0.25, 0.3) is 11.8 Å². The van der Waals surface area contributed by atoms with Crippen molar-refractivity contribution in [2.75, 3.05) is 20.8 Å². The van der Waals surface area contributed by atoms with Crippen molar-refractivity contribution < 1.29 is 23.9 Å². The third kappa shape index (κ3) is 4.11. The lowest BCUT2D eigenvalue weighted by atomic mass is 9.93. The molecule has 2 aromatic rings. The van der Waals surface area contributed by atoms with Gasteiger partial charge in [-0.05, 0) is 48.6 Å². The minimum atomic E-state index is -0.878. The lowest BCUT2D eigenvalue weighted by molar-refractivity contribution is -0.118. The molecule has 1 N–H and O–H groups in total. The highest BCUT2D eigenvalue weighted by molar-refractivity contribution is 6.23. The van der Waals surface area contributed by atoms with Gasteiger partial charge in [-0.3, -0.25) is 19.3 Å². The third-order valence-electron chi connectivity index (χ3n) is 6.06. The van der Waals surface area contributed by atoms with Gasteiger partial charge >= 0.3 is 0 Å². The molecule has 7 nitrogen and oxygen atoms in total. The molecule has 172 valence electrons. The predicted molar refractivity (Wildman–Crippen MR) is 124 cm³/mol. The molecule has 1 unspecified atom stereocenters. The van der Waals surface area contributed by atoms with Crippen molar-refractivity contribution in [3.63, 3.8) is 0 Å². The number of nitrogens with one attached hydrogen (secondary N) is 1. The summed E-state index contributed by atoms with van der Waals surface area (Å²) in [5, 5.41) is 3.29. The molecular formula is C26H28N2O5. The summed E-state index contributed by atoms with van der Waals surface area (Å²) in [6.45, 7) is 4.59. The number of fused-ring (bicyclic) bond motifs is 2. The Bertz CT molecular complexity index is 1120. The average molecular weight is 449 g/mol. The summed E-state index contributed by atoms with van der Waals surface area (Å²) in [6.07, 6.45) is 2.67. The average Bonchev–Trinajstić information content (AvgIpc) is 3.06. The standard InChI is InChI=1S/C26H28N2O5/c1-15(2)11-21(28-25(30)17-7-5-6-8-18(17)26(28)31)22(29)14-20-19-13-24(33-4)23(32-3)12-16(19)9-10-27-20/h5-8,12-15,21,27H,9-11H2,1-4H3/b20-14-. The van der Waals surface area contributed by atoms with Crippen LogP contribution in [-0.2, 0) is 11.2 Å². The molecule has 0 saturated heterocycles. The summed E-state index contributed by atoms with van der Waals surface area (Å²) in [5.74, 6) is 0.179. The van der Waals surface area contributed by atoms with Crippen LogP contribution in [0.5, 0.6) is 11.5 Å². The Kier molecular flexibility index (Phi) is 6.22. The van der Waals surface area contributed by atoms with E-state index in [0.717, 1.165) is 22.4 Å². The van der Waals surface area contributed by atoms with Gasteiger partial charge in [0.15, 0.2) is 17.3 Å². The van der Waals surface area contributed by atoms with Gasteiger partial charge in [-0.15, -0.1) is 0 Å². The summed E-state index contributed by atoms with van der Waals surface area (Å²) in [5.41, 5.74) is 3.21.